The van der Waals surface area contributed by atoms with E-state index in [1.54, 1.807) is 17.4 Å². The SMILES string of the molecule is CC(Cl)c1nc2ccc(F)cc2n1CCc1cscn1. The molecule has 0 fully saturated rings. The van der Waals surface area contributed by atoms with E-state index >= 15 is 0 Å². The molecular weight excluding hydrogens is 297 g/mol. The van der Waals surface area contributed by atoms with Crippen molar-refractivity contribution in [2.45, 2.75) is 25.3 Å². The van der Waals surface area contributed by atoms with Gasteiger partial charge in [0.05, 0.1) is 27.6 Å². The minimum atomic E-state index is -0.263. The lowest BCUT2D eigenvalue weighted by molar-refractivity contribution is 0.625. The molecule has 1 aromatic carbocycles. The summed E-state index contributed by atoms with van der Waals surface area (Å²) in [6.45, 7) is 2.56. The molecule has 3 rings (SSSR count). The largest absolute Gasteiger partial charge is 0.326 e. The highest BCUT2D eigenvalue weighted by molar-refractivity contribution is 7.07. The standard InChI is InChI=1S/C14H13ClFN3S/c1-9(15)14-18-12-3-2-10(16)6-13(12)19(14)5-4-11-7-20-8-17-11/h2-3,6-9H,4-5H2,1H3. The molecule has 3 aromatic rings. The lowest BCUT2D eigenvalue weighted by Gasteiger charge is -2.09. The third kappa shape index (κ3) is 2.55. The molecule has 0 saturated carbocycles. The predicted molar refractivity (Wildman–Crippen MR) is 79.8 cm³/mol. The Bertz CT molecular complexity index is 721. The van der Waals surface area contributed by atoms with E-state index in [1.165, 1.54) is 12.1 Å². The molecule has 20 heavy (non-hydrogen) atoms. The van der Waals surface area contributed by atoms with E-state index in [4.69, 9.17) is 11.6 Å². The number of hydrogen-bond acceptors (Lipinski definition) is 3. The normalized spacial score (nSPS) is 12.9. The molecule has 1 unspecified atom stereocenters. The van der Waals surface area contributed by atoms with Gasteiger partial charge in [-0.1, -0.05) is 0 Å². The number of fused-ring (bicyclic) bond motifs is 1. The van der Waals surface area contributed by atoms with Gasteiger partial charge in [-0.05, 0) is 25.1 Å². The molecule has 0 aliphatic rings. The van der Waals surface area contributed by atoms with Crippen LogP contribution in [0.4, 0.5) is 4.39 Å². The van der Waals surface area contributed by atoms with Crippen LogP contribution in [0.5, 0.6) is 0 Å². The predicted octanol–water partition coefficient (Wildman–Crippen LogP) is 4.17. The average Bonchev–Trinajstić information content (AvgIpc) is 3.03. The van der Waals surface area contributed by atoms with E-state index < -0.39 is 0 Å². The van der Waals surface area contributed by atoms with Gasteiger partial charge in [-0.2, -0.15) is 0 Å². The Morgan fingerprint density at radius 3 is 3.00 bits per heavy atom. The van der Waals surface area contributed by atoms with E-state index in [9.17, 15) is 4.39 Å². The van der Waals surface area contributed by atoms with Crippen LogP contribution in [-0.2, 0) is 13.0 Å². The number of nitrogens with zero attached hydrogens (tertiary/aromatic N) is 3. The summed E-state index contributed by atoms with van der Waals surface area (Å²) in [5.74, 6) is 0.503. The maximum Gasteiger partial charge on any atom is 0.127 e. The Morgan fingerprint density at radius 2 is 2.30 bits per heavy atom. The van der Waals surface area contributed by atoms with Crippen LogP contribution in [0.25, 0.3) is 11.0 Å². The Hall–Kier alpha value is -1.46. The highest BCUT2D eigenvalue weighted by atomic mass is 35.5. The van der Waals surface area contributed by atoms with Crippen molar-refractivity contribution in [1.29, 1.82) is 0 Å². The Morgan fingerprint density at radius 1 is 1.45 bits per heavy atom. The lowest BCUT2D eigenvalue weighted by atomic mass is 10.3. The van der Waals surface area contributed by atoms with E-state index in [0.717, 1.165) is 29.0 Å². The molecule has 1 atom stereocenters. The van der Waals surface area contributed by atoms with E-state index in [0.29, 0.717) is 6.54 Å². The van der Waals surface area contributed by atoms with Crippen molar-refractivity contribution in [2.75, 3.05) is 0 Å². The third-order valence-corrected chi connectivity index (χ3v) is 4.00. The second-order valence-electron chi connectivity index (χ2n) is 4.60. The van der Waals surface area contributed by atoms with Crippen molar-refractivity contribution in [2.24, 2.45) is 0 Å². The van der Waals surface area contributed by atoms with E-state index in [2.05, 4.69) is 9.97 Å². The smallest absolute Gasteiger partial charge is 0.127 e. The van der Waals surface area contributed by atoms with E-state index in [1.807, 2.05) is 22.4 Å². The summed E-state index contributed by atoms with van der Waals surface area (Å²) in [6.07, 6.45) is 0.780. The molecule has 0 bridgehead atoms. The summed E-state index contributed by atoms with van der Waals surface area (Å²) in [7, 11) is 0. The minimum Gasteiger partial charge on any atom is -0.326 e. The fourth-order valence-corrected chi connectivity index (χ4v) is 3.00. The highest BCUT2D eigenvalue weighted by Crippen LogP contribution is 2.25. The zero-order chi connectivity index (χ0) is 14.1. The summed E-state index contributed by atoms with van der Waals surface area (Å²) in [6, 6.07) is 4.61. The number of hydrogen-bond donors (Lipinski definition) is 0. The number of imidazole rings is 1. The van der Waals surface area contributed by atoms with Crippen molar-refractivity contribution in [3.63, 3.8) is 0 Å². The van der Waals surface area contributed by atoms with E-state index in [-0.39, 0.29) is 11.2 Å². The van der Waals surface area contributed by atoms with Gasteiger partial charge in [0.1, 0.15) is 11.6 Å². The van der Waals surface area contributed by atoms with Gasteiger partial charge in [-0.3, -0.25) is 0 Å². The average molecular weight is 310 g/mol. The summed E-state index contributed by atoms with van der Waals surface area (Å²) >= 11 is 7.76. The first-order valence-corrected chi connectivity index (χ1v) is 7.70. The van der Waals surface area contributed by atoms with Gasteiger partial charge >= 0.3 is 0 Å². The molecule has 0 saturated heterocycles. The van der Waals surface area contributed by atoms with Crippen LogP contribution in [0.3, 0.4) is 0 Å². The molecule has 0 aliphatic heterocycles. The molecular formula is C14H13ClFN3S. The van der Waals surface area contributed by atoms with Crippen LogP contribution in [0.2, 0.25) is 0 Å². The Balaban J connectivity index is 2.01. The number of alkyl halides is 1. The molecule has 104 valence electrons. The third-order valence-electron chi connectivity index (χ3n) is 3.17. The quantitative estimate of drug-likeness (QED) is 0.677. The molecule has 2 heterocycles. The molecule has 3 nitrogen and oxygen atoms in total. The van der Waals surface area contributed by atoms with Gasteiger partial charge in [0.2, 0.25) is 0 Å². The van der Waals surface area contributed by atoms with Crippen LogP contribution >= 0.6 is 22.9 Å². The minimum absolute atomic E-state index is 0.221. The second kappa shape index (κ2) is 5.50. The number of thiazole rings is 1. The topological polar surface area (TPSA) is 30.7 Å². The fraction of sp³-hybridized carbons (Fsp3) is 0.286. The van der Waals surface area contributed by atoms with Gasteiger partial charge < -0.3 is 4.57 Å². The first-order valence-electron chi connectivity index (χ1n) is 6.32. The number of halogens is 2. The second-order valence-corrected chi connectivity index (χ2v) is 5.97. The van der Waals surface area contributed by atoms with Gasteiger partial charge in [-0.15, -0.1) is 22.9 Å². The summed E-state index contributed by atoms with van der Waals surface area (Å²) < 4.78 is 15.4. The fourth-order valence-electron chi connectivity index (χ4n) is 2.24. The van der Waals surface area contributed by atoms with Crippen molar-refractivity contribution in [1.82, 2.24) is 14.5 Å². The maximum atomic E-state index is 13.5. The van der Waals surface area contributed by atoms with Crippen molar-refractivity contribution in [3.8, 4) is 0 Å². The number of rotatable bonds is 4. The first kappa shape index (κ1) is 13.5. The highest BCUT2D eigenvalue weighted by Gasteiger charge is 2.15. The lowest BCUT2D eigenvalue weighted by Crippen LogP contribution is -2.07. The molecule has 0 spiro atoms. The van der Waals surface area contributed by atoms with Gasteiger partial charge in [0.15, 0.2) is 0 Å². The molecule has 0 aliphatic carbocycles. The molecule has 0 amide bonds. The Labute approximate surface area is 125 Å². The number of aromatic nitrogens is 3. The van der Waals surface area contributed by atoms with Gasteiger partial charge in [0.25, 0.3) is 0 Å². The van der Waals surface area contributed by atoms with Crippen molar-refractivity contribution in [3.05, 3.63) is 46.4 Å². The molecule has 2 aromatic heterocycles. The Kier molecular flexibility index (Phi) is 3.72. The zero-order valence-electron chi connectivity index (χ0n) is 10.9. The zero-order valence-corrected chi connectivity index (χ0v) is 12.5. The summed E-state index contributed by atoms with van der Waals surface area (Å²) in [5.41, 5.74) is 4.39. The molecule has 0 radical (unpaired) electrons. The van der Waals surface area contributed by atoms with Crippen molar-refractivity contribution < 1.29 is 4.39 Å². The van der Waals surface area contributed by atoms with Crippen LogP contribution in [0, 0.1) is 5.82 Å². The number of aryl methyl sites for hydroxylation is 2. The monoisotopic (exact) mass is 309 g/mol. The first-order chi connectivity index (χ1) is 9.65. The van der Waals surface area contributed by atoms with Gasteiger partial charge in [-0.25, -0.2) is 14.4 Å². The van der Waals surface area contributed by atoms with Crippen LogP contribution in [0.15, 0.2) is 29.1 Å². The summed E-state index contributed by atoms with van der Waals surface area (Å²) in [4.78, 5) is 8.77. The molecule has 0 N–H and O–H groups in total. The number of benzene rings is 1. The van der Waals surface area contributed by atoms with Gasteiger partial charge in [0, 0.05) is 18.3 Å². The van der Waals surface area contributed by atoms with Crippen LogP contribution in [0.1, 0.15) is 23.8 Å². The maximum absolute atomic E-state index is 13.5. The van der Waals surface area contributed by atoms with Crippen LogP contribution < -0.4 is 0 Å². The van der Waals surface area contributed by atoms with Crippen molar-refractivity contribution >= 4 is 34.0 Å². The molecule has 6 heteroatoms. The van der Waals surface area contributed by atoms with Crippen LogP contribution in [-0.4, -0.2) is 14.5 Å². The summed E-state index contributed by atoms with van der Waals surface area (Å²) in [5, 5.41) is 1.80.